The Morgan fingerprint density at radius 2 is 2.04 bits per heavy atom. The molecule has 7 heteroatoms. The molecule has 27 heavy (non-hydrogen) atoms. The van der Waals surface area contributed by atoms with Gasteiger partial charge in [-0.2, -0.15) is 5.10 Å². The Bertz CT molecular complexity index is 944. The predicted molar refractivity (Wildman–Crippen MR) is 101 cm³/mol. The summed E-state index contributed by atoms with van der Waals surface area (Å²) in [5.41, 5.74) is 3.10. The van der Waals surface area contributed by atoms with E-state index in [1.54, 1.807) is 4.90 Å². The zero-order valence-corrected chi connectivity index (χ0v) is 16.0. The summed E-state index contributed by atoms with van der Waals surface area (Å²) < 4.78 is 5.77. The Kier molecular flexibility index (Phi) is 4.30. The molecule has 0 saturated heterocycles. The number of nitrogens with zero attached hydrogens (tertiary/aromatic N) is 2. The summed E-state index contributed by atoms with van der Waals surface area (Å²) in [6.07, 6.45) is 2.27. The smallest absolute Gasteiger partial charge is 0.289 e. The molecule has 2 aromatic rings. The van der Waals surface area contributed by atoms with Gasteiger partial charge >= 0.3 is 0 Å². The lowest BCUT2D eigenvalue weighted by atomic mass is 9.97. The number of aromatic nitrogens is 2. The normalized spacial score (nSPS) is 18.6. The Hall–Kier alpha value is -2.60. The first-order valence-corrected chi connectivity index (χ1v) is 9.25. The topological polar surface area (TPSA) is 75.3 Å². The van der Waals surface area contributed by atoms with Crippen LogP contribution >= 0.6 is 11.6 Å². The van der Waals surface area contributed by atoms with Gasteiger partial charge in [0.15, 0.2) is 11.5 Å². The van der Waals surface area contributed by atoms with Crippen LogP contribution in [0.3, 0.4) is 0 Å². The average Bonchev–Trinajstić information content (AvgIpc) is 3.03. The Morgan fingerprint density at radius 1 is 1.30 bits per heavy atom. The number of H-pyrrole nitrogens is 1. The second-order valence-corrected chi connectivity index (χ2v) is 7.96. The number of carbonyl (C=O) groups excluding carboxylic acids is 2. The fourth-order valence-corrected chi connectivity index (χ4v) is 3.68. The van der Waals surface area contributed by atoms with Crippen molar-refractivity contribution >= 4 is 23.3 Å². The molecule has 0 bridgehead atoms. The summed E-state index contributed by atoms with van der Waals surface area (Å²) in [6, 6.07) is 7.46. The molecular formula is C20H20ClN3O3. The van der Waals surface area contributed by atoms with Crippen LogP contribution in [0.4, 0.5) is 0 Å². The van der Waals surface area contributed by atoms with E-state index in [-0.39, 0.29) is 23.9 Å². The standard InChI is InChI=1S/C20H20ClN3O3/c1-20(2)10-14(25)9-17(27-20)19(26)24-8-7-16-15(11-24)18(23-22-16)12-3-5-13(21)6-4-12/h3-6,9H,7-8,10-11H2,1-2H3,(H,22,23). The van der Waals surface area contributed by atoms with E-state index in [2.05, 4.69) is 10.2 Å². The van der Waals surface area contributed by atoms with Crippen LogP contribution < -0.4 is 0 Å². The van der Waals surface area contributed by atoms with E-state index < -0.39 is 5.60 Å². The summed E-state index contributed by atoms with van der Waals surface area (Å²) in [7, 11) is 0. The molecular weight excluding hydrogens is 366 g/mol. The molecule has 1 N–H and O–H groups in total. The Labute approximate surface area is 162 Å². The van der Waals surface area contributed by atoms with Crippen LogP contribution in [0.25, 0.3) is 11.3 Å². The molecule has 2 aliphatic heterocycles. The number of nitrogens with one attached hydrogen (secondary N) is 1. The van der Waals surface area contributed by atoms with Gasteiger partial charge in [0.1, 0.15) is 5.60 Å². The molecule has 1 aromatic carbocycles. The summed E-state index contributed by atoms with van der Waals surface area (Å²) >= 11 is 5.97. The minimum Gasteiger partial charge on any atom is -0.481 e. The van der Waals surface area contributed by atoms with Gasteiger partial charge in [0.25, 0.3) is 5.91 Å². The highest BCUT2D eigenvalue weighted by atomic mass is 35.5. The van der Waals surface area contributed by atoms with Crippen molar-refractivity contribution in [2.24, 2.45) is 0 Å². The second kappa shape index (κ2) is 6.53. The third-order valence-electron chi connectivity index (χ3n) is 4.83. The summed E-state index contributed by atoms with van der Waals surface area (Å²) in [5, 5.41) is 8.17. The van der Waals surface area contributed by atoms with E-state index in [0.717, 1.165) is 22.5 Å². The van der Waals surface area contributed by atoms with Crippen molar-refractivity contribution in [3.8, 4) is 11.3 Å². The first-order valence-electron chi connectivity index (χ1n) is 8.87. The van der Waals surface area contributed by atoms with Crippen molar-refractivity contribution in [2.45, 2.75) is 38.8 Å². The van der Waals surface area contributed by atoms with Crippen molar-refractivity contribution in [3.63, 3.8) is 0 Å². The number of allylic oxidation sites excluding steroid dienone is 1. The number of amides is 1. The molecule has 1 aromatic heterocycles. The second-order valence-electron chi connectivity index (χ2n) is 7.53. The number of ketones is 1. The van der Waals surface area contributed by atoms with Crippen molar-refractivity contribution in [1.82, 2.24) is 15.1 Å². The van der Waals surface area contributed by atoms with Gasteiger partial charge in [0.2, 0.25) is 0 Å². The number of hydrogen-bond donors (Lipinski definition) is 1. The van der Waals surface area contributed by atoms with E-state index in [9.17, 15) is 9.59 Å². The highest BCUT2D eigenvalue weighted by Crippen LogP contribution is 2.31. The number of carbonyl (C=O) groups is 2. The average molecular weight is 386 g/mol. The van der Waals surface area contributed by atoms with Crippen LogP contribution in [0.2, 0.25) is 5.02 Å². The third kappa shape index (κ3) is 3.49. The van der Waals surface area contributed by atoms with E-state index in [4.69, 9.17) is 16.3 Å². The minimum atomic E-state index is -0.665. The molecule has 0 saturated carbocycles. The largest absolute Gasteiger partial charge is 0.481 e. The minimum absolute atomic E-state index is 0.0857. The summed E-state index contributed by atoms with van der Waals surface area (Å²) in [5.74, 6) is -0.223. The third-order valence-corrected chi connectivity index (χ3v) is 5.08. The highest BCUT2D eigenvalue weighted by Gasteiger charge is 2.35. The number of ether oxygens (including phenoxy) is 1. The van der Waals surface area contributed by atoms with Crippen LogP contribution in [0, 0.1) is 0 Å². The molecule has 6 nitrogen and oxygen atoms in total. The number of rotatable bonds is 2. The maximum atomic E-state index is 12.9. The van der Waals surface area contributed by atoms with Gasteiger partial charge in [-0.15, -0.1) is 0 Å². The van der Waals surface area contributed by atoms with Crippen molar-refractivity contribution in [3.05, 3.63) is 52.4 Å². The van der Waals surface area contributed by atoms with E-state index in [1.165, 1.54) is 6.08 Å². The molecule has 4 rings (SSSR count). The fraction of sp³-hybridized carbons (Fsp3) is 0.350. The SMILES string of the molecule is CC1(C)CC(=O)C=C(C(=O)N2CCc3[nH]nc(-c4ccc(Cl)cc4)c3C2)O1. The van der Waals surface area contributed by atoms with Gasteiger partial charge in [0.05, 0.1) is 12.2 Å². The first kappa shape index (κ1) is 17.8. The van der Waals surface area contributed by atoms with Gasteiger partial charge in [-0.05, 0) is 26.0 Å². The monoisotopic (exact) mass is 385 g/mol. The number of aromatic amines is 1. The van der Waals surface area contributed by atoms with Crippen LogP contribution in [-0.4, -0.2) is 38.9 Å². The molecule has 0 radical (unpaired) electrons. The molecule has 1 amide bonds. The van der Waals surface area contributed by atoms with E-state index >= 15 is 0 Å². The molecule has 0 unspecified atom stereocenters. The lowest BCUT2D eigenvalue weighted by Crippen LogP contribution is -2.41. The van der Waals surface area contributed by atoms with Gasteiger partial charge < -0.3 is 9.64 Å². The lowest BCUT2D eigenvalue weighted by molar-refractivity contribution is -0.138. The molecule has 0 atom stereocenters. The van der Waals surface area contributed by atoms with Gasteiger partial charge in [-0.25, -0.2) is 0 Å². The zero-order valence-electron chi connectivity index (χ0n) is 15.2. The van der Waals surface area contributed by atoms with Gasteiger partial charge in [-0.3, -0.25) is 14.7 Å². The maximum absolute atomic E-state index is 12.9. The summed E-state index contributed by atoms with van der Waals surface area (Å²) in [6.45, 7) is 4.59. The Balaban J connectivity index is 1.60. The highest BCUT2D eigenvalue weighted by molar-refractivity contribution is 6.30. The molecule has 140 valence electrons. The van der Waals surface area contributed by atoms with Crippen LogP contribution in [0.15, 0.2) is 36.1 Å². The number of hydrogen-bond acceptors (Lipinski definition) is 4. The van der Waals surface area contributed by atoms with Crippen molar-refractivity contribution in [1.29, 1.82) is 0 Å². The number of fused-ring (bicyclic) bond motifs is 1. The van der Waals surface area contributed by atoms with Crippen molar-refractivity contribution < 1.29 is 14.3 Å². The fourth-order valence-electron chi connectivity index (χ4n) is 3.56. The molecule has 0 fully saturated rings. The van der Waals surface area contributed by atoms with Gasteiger partial charge in [-0.1, -0.05) is 23.7 Å². The number of halogens is 1. The van der Waals surface area contributed by atoms with Crippen LogP contribution in [0.1, 0.15) is 31.5 Å². The quantitative estimate of drug-likeness (QED) is 0.860. The van der Waals surface area contributed by atoms with Crippen LogP contribution in [-0.2, 0) is 27.3 Å². The predicted octanol–water partition coefficient (Wildman–Crippen LogP) is 3.27. The molecule has 0 aliphatic carbocycles. The maximum Gasteiger partial charge on any atom is 0.289 e. The zero-order chi connectivity index (χ0) is 19.2. The number of benzene rings is 1. The molecule has 3 heterocycles. The lowest BCUT2D eigenvalue weighted by Gasteiger charge is -2.33. The van der Waals surface area contributed by atoms with Gasteiger partial charge in [0, 0.05) is 47.3 Å². The van der Waals surface area contributed by atoms with Crippen molar-refractivity contribution in [2.75, 3.05) is 6.54 Å². The first-order chi connectivity index (χ1) is 12.8. The molecule has 0 spiro atoms. The van der Waals surface area contributed by atoms with Crippen LogP contribution in [0.5, 0.6) is 0 Å². The van der Waals surface area contributed by atoms with E-state index in [1.807, 2.05) is 38.1 Å². The molecule has 2 aliphatic rings. The summed E-state index contributed by atoms with van der Waals surface area (Å²) in [4.78, 5) is 26.6. The Morgan fingerprint density at radius 3 is 2.74 bits per heavy atom. The van der Waals surface area contributed by atoms with E-state index in [0.29, 0.717) is 24.5 Å².